The van der Waals surface area contributed by atoms with Crippen molar-refractivity contribution >= 4 is 61.7 Å². The number of anilines is 2. The summed E-state index contributed by atoms with van der Waals surface area (Å²) in [6.07, 6.45) is 0.354. The summed E-state index contributed by atoms with van der Waals surface area (Å²) >= 11 is 9.54. The third kappa shape index (κ3) is 4.46. The number of fused-ring (bicyclic) bond motifs is 2. The van der Waals surface area contributed by atoms with Crippen LogP contribution >= 0.6 is 27.5 Å². The molecule has 6 rings (SSSR count). The Morgan fingerprint density at radius 3 is 2.62 bits per heavy atom. The molecular weight excluding hydrogens is 571 g/mol. The van der Waals surface area contributed by atoms with Crippen LogP contribution < -0.4 is 10.2 Å². The Labute approximate surface area is 227 Å². The van der Waals surface area contributed by atoms with E-state index >= 15 is 4.39 Å². The number of pyridine rings is 1. The molecule has 37 heavy (non-hydrogen) atoms. The van der Waals surface area contributed by atoms with Gasteiger partial charge in [0.05, 0.1) is 22.0 Å². The van der Waals surface area contributed by atoms with Crippen molar-refractivity contribution in [2.75, 3.05) is 43.9 Å². The molecule has 0 radical (unpaired) electrons. The van der Waals surface area contributed by atoms with Gasteiger partial charge in [0, 0.05) is 41.5 Å². The minimum Gasteiger partial charge on any atom is -0.444 e. The molecule has 10 nitrogen and oxygen atoms in total. The molecule has 2 bridgehead atoms. The average Bonchev–Trinajstić information content (AvgIpc) is 3.33. The highest BCUT2D eigenvalue weighted by Gasteiger charge is 2.55. The van der Waals surface area contributed by atoms with Crippen LogP contribution in [0.2, 0.25) is 5.02 Å². The first-order chi connectivity index (χ1) is 17.3. The molecule has 0 spiro atoms. The molecule has 1 amide bonds. The molecule has 3 unspecified atom stereocenters. The summed E-state index contributed by atoms with van der Waals surface area (Å²) in [7, 11) is 3.88. The maximum absolute atomic E-state index is 15.3. The highest BCUT2D eigenvalue weighted by Crippen LogP contribution is 2.49. The summed E-state index contributed by atoms with van der Waals surface area (Å²) in [5, 5.41) is 15.9. The number of likely N-dealkylation sites (N-methyl/N-ethyl adjacent to an activating group) is 1. The number of amides is 1. The standard InChI is InChI=1S/C24H29BrClFN6O4/c1-24(2,3)37-23(34)32-8-11-6-15(32)18(11)28-20-16-13(25)7-14(26)17(27)19(16)29-22(21(20)33(35)36)31-9-12(10-31)30(4)5/h7,11-12,15,18H,6,8-10H2,1-5H3,(H,28,29). The predicted molar refractivity (Wildman–Crippen MR) is 143 cm³/mol. The molecule has 13 heteroatoms. The van der Waals surface area contributed by atoms with Gasteiger partial charge in [-0.15, -0.1) is 0 Å². The third-order valence-electron chi connectivity index (χ3n) is 7.37. The van der Waals surface area contributed by atoms with Crippen LogP contribution in [0.1, 0.15) is 27.2 Å². The summed E-state index contributed by atoms with van der Waals surface area (Å²) in [6, 6.07) is 1.14. The van der Waals surface area contributed by atoms with Crippen LogP contribution in [-0.2, 0) is 4.74 Å². The van der Waals surface area contributed by atoms with Crippen LogP contribution in [0.5, 0.6) is 0 Å². The number of nitrogens with one attached hydrogen (secondary N) is 1. The highest BCUT2D eigenvalue weighted by atomic mass is 79.9. The van der Waals surface area contributed by atoms with E-state index in [4.69, 9.17) is 16.3 Å². The van der Waals surface area contributed by atoms with Crippen molar-refractivity contribution in [3.05, 3.63) is 31.5 Å². The van der Waals surface area contributed by atoms with Crippen LogP contribution in [0.4, 0.5) is 26.4 Å². The van der Waals surface area contributed by atoms with Gasteiger partial charge in [0.2, 0.25) is 5.82 Å². The number of nitro groups is 1. The fourth-order valence-electron chi connectivity index (χ4n) is 5.33. The van der Waals surface area contributed by atoms with Crippen molar-refractivity contribution in [1.82, 2.24) is 14.8 Å². The molecule has 2 aromatic rings. The lowest BCUT2D eigenvalue weighted by Gasteiger charge is -2.43. The number of nitrogens with zero attached hydrogens (tertiary/aromatic N) is 5. The number of carbonyl (C=O) groups excluding carboxylic acids is 1. The second-order valence-corrected chi connectivity index (χ2v) is 12.4. The zero-order valence-electron chi connectivity index (χ0n) is 21.2. The van der Waals surface area contributed by atoms with E-state index < -0.39 is 22.4 Å². The molecule has 200 valence electrons. The molecule has 1 saturated carbocycles. The van der Waals surface area contributed by atoms with Crippen LogP contribution in [0.25, 0.3) is 10.9 Å². The summed E-state index contributed by atoms with van der Waals surface area (Å²) in [6.45, 7) is 6.96. The molecule has 3 saturated heterocycles. The summed E-state index contributed by atoms with van der Waals surface area (Å²) < 4.78 is 21.2. The second kappa shape index (κ2) is 9.09. The number of ether oxygens (including phenoxy) is 1. The van der Waals surface area contributed by atoms with E-state index in [1.54, 1.807) is 9.80 Å². The lowest BCUT2D eigenvalue weighted by molar-refractivity contribution is -0.383. The van der Waals surface area contributed by atoms with Crippen molar-refractivity contribution in [2.24, 2.45) is 5.92 Å². The van der Waals surface area contributed by atoms with Crippen molar-refractivity contribution in [3.63, 3.8) is 0 Å². The molecule has 1 aliphatic carbocycles. The number of hydrogen-bond donors (Lipinski definition) is 1. The van der Waals surface area contributed by atoms with Gasteiger partial charge in [-0.3, -0.25) is 10.1 Å². The van der Waals surface area contributed by atoms with Gasteiger partial charge in [-0.1, -0.05) is 11.6 Å². The van der Waals surface area contributed by atoms with Gasteiger partial charge in [-0.25, -0.2) is 14.2 Å². The Morgan fingerprint density at radius 2 is 2.03 bits per heavy atom. The van der Waals surface area contributed by atoms with Gasteiger partial charge in [0.15, 0.2) is 5.82 Å². The van der Waals surface area contributed by atoms with Gasteiger partial charge >= 0.3 is 11.8 Å². The first kappa shape index (κ1) is 26.2. The van der Waals surface area contributed by atoms with Gasteiger partial charge in [-0.05, 0) is 63.3 Å². The topological polar surface area (TPSA) is 104 Å². The van der Waals surface area contributed by atoms with E-state index in [9.17, 15) is 14.9 Å². The van der Waals surface area contributed by atoms with Crippen molar-refractivity contribution in [2.45, 2.75) is 50.9 Å². The predicted octanol–water partition coefficient (Wildman–Crippen LogP) is 4.87. The number of carbonyl (C=O) groups is 1. The molecule has 4 aliphatic rings. The SMILES string of the molecule is CN(C)C1CN(c2nc3c(F)c(Cl)cc(Br)c3c(NC3C4CC3N(C(=O)OC(C)(C)C)C4)c2[N+](=O)[O-])C1. The fraction of sp³-hybridized carbons (Fsp3) is 0.583. The zero-order chi connectivity index (χ0) is 27.0. The van der Waals surface area contributed by atoms with Crippen LogP contribution in [0.15, 0.2) is 10.5 Å². The number of rotatable bonds is 5. The smallest absolute Gasteiger partial charge is 0.410 e. The van der Waals surface area contributed by atoms with Gasteiger partial charge in [-0.2, -0.15) is 0 Å². The molecule has 1 aromatic carbocycles. The third-order valence-corrected chi connectivity index (χ3v) is 8.28. The number of hydrogen-bond acceptors (Lipinski definition) is 8. The van der Waals surface area contributed by atoms with E-state index in [0.717, 1.165) is 6.42 Å². The van der Waals surface area contributed by atoms with Crippen molar-refractivity contribution < 1.29 is 18.8 Å². The van der Waals surface area contributed by atoms with Gasteiger partial charge in [0.25, 0.3) is 0 Å². The summed E-state index contributed by atoms with van der Waals surface area (Å²) in [4.78, 5) is 34.7. The quantitative estimate of drug-likeness (QED) is 0.295. The van der Waals surface area contributed by atoms with Crippen molar-refractivity contribution in [3.8, 4) is 0 Å². The molecule has 1 aromatic heterocycles. The first-order valence-corrected chi connectivity index (χ1v) is 13.3. The molecule has 1 N–H and O–H groups in total. The molecule has 4 heterocycles. The molecule has 3 atom stereocenters. The normalized spacial score (nSPS) is 23.3. The second-order valence-electron chi connectivity index (χ2n) is 11.2. The number of benzene rings is 1. The Hall–Kier alpha value is -2.44. The van der Waals surface area contributed by atoms with E-state index in [0.29, 0.717) is 24.1 Å². The van der Waals surface area contributed by atoms with E-state index in [2.05, 4.69) is 26.2 Å². The number of aromatic nitrogens is 1. The highest BCUT2D eigenvalue weighted by molar-refractivity contribution is 9.10. The lowest BCUT2D eigenvalue weighted by Crippen LogP contribution is -2.58. The minimum atomic E-state index is -0.740. The van der Waals surface area contributed by atoms with Crippen LogP contribution in [0, 0.1) is 21.8 Å². The molecule has 3 aliphatic heterocycles. The minimum absolute atomic E-state index is 0.0496. The van der Waals surface area contributed by atoms with Crippen molar-refractivity contribution in [1.29, 1.82) is 0 Å². The van der Waals surface area contributed by atoms with Gasteiger partial charge in [0.1, 0.15) is 16.8 Å². The van der Waals surface area contributed by atoms with E-state index in [-0.39, 0.29) is 57.2 Å². The average molecular weight is 600 g/mol. The summed E-state index contributed by atoms with van der Waals surface area (Å²) in [5.74, 6) is -0.556. The van der Waals surface area contributed by atoms with E-state index in [1.807, 2.05) is 39.8 Å². The first-order valence-electron chi connectivity index (χ1n) is 12.1. The van der Waals surface area contributed by atoms with Crippen LogP contribution in [-0.4, -0.2) is 83.3 Å². The maximum atomic E-state index is 15.3. The Balaban J connectivity index is 1.57. The fourth-order valence-corrected chi connectivity index (χ4v) is 6.28. The largest absolute Gasteiger partial charge is 0.444 e. The molecular formula is C24H29BrClFN6O4. The van der Waals surface area contributed by atoms with Crippen LogP contribution in [0.3, 0.4) is 0 Å². The Bertz CT molecular complexity index is 1300. The monoisotopic (exact) mass is 598 g/mol. The number of halogens is 3. The maximum Gasteiger partial charge on any atom is 0.410 e. The molecule has 4 fully saturated rings. The Morgan fingerprint density at radius 1 is 1.35 bits per heavy atom. The van der Waals surface area contributed by atoms with Gasteiger partial charge < -0.3 is 24.8 Å². The Kier molecular flexibility index (Phi) is 6.43. The zero-order valence-corrected chi connectivity index (χ0v) is 23.6. The summed E-state index contributed by atoms with van der Waals surface area (Å²) in [5.41, 5.74) is -0.731. The van der Waals surface area contributed by atoms with E-state index in [1.165, 1.54) is 6.07 Å². The lowest BCUT2D eigenvalue weighted by atomic mass is 9.79.